The van der Waals surface area contributed by atoms with Crippen molar-refractivity contribution in [2.75, 3.05) is 7.05 Å². The third-order valence-electron chi connectivity index (χ3n) is 3.28. The van der Waals surface area contributed by atoms with Crippen molar-refractivity contribution in [2.45, 2.75) is 58.3 Å². The lowest BCUT2D eigenvalue weighted by Crippen LogP contribution is -2.10. The molecule has 86 valence electrons. The summed E-state index contributed by atoms with van der Waals surface area (Å²) in [6, 6.07) is 0. The first-order valence-electron chi connectivity index (χ1n) is 6.37. The van der Waals surface area contributed by atoms with Crippen LogP contribution in [-0.2, 0) is 0 Å². The molecule has 0 atom stereocenters. The van der Waals surface area contributed by atoms with Crippen molar-refractivity contribution < 1.29 is 0 Å². The molecule has 0 radical (unpaired) electrons. The Morgan fingerprint density at radius 1 is 1.27 bits per heavy atom. The summed E-state index contributed by atoms with van der Waals surface area (Å²) in [5.41, 5.74) is 4.36. The molecule has 1 N–H and O–H groups in total. The van der Waals surface area contributed by atoms with E-state index in [9.17, 15) is 0 Å². The fraction of sp³-hybridized carbons (Fsp3) is 0.714. The van der Waals surface area contributed by atoms with Crippen molar-refractivity contribution in [2.24, 2.45) is 0 Å². The van der Waals surface area contributed by atoms with Gasteiger partial charge in [-0.15, -0.1) is 0 Å². The monoisotopic (exact) mass is 207 g/mol. The Morgan fingerprint density at radius 3 is 2.67 bits per heavy atom. The normalized spacial score (nSPS) is 21.1. The van der Waals surface area contributed by atoms with Crippen LogP contribution in [0.15, 0.2) is 23.4 Å². The van der Waals surface area contributed by atoms with Gasteiger partial charge in [0.1, 0.15) is 0 Å². The van der Waals surface area contributed by atoms with Gasteiger partial charge < -0.3 is 5.32 Å². The molecule has 0 saturated heterocycles. The van der Waals surface area contributed by atoms with Gasteiger partial charge in [-0.05, 0) is 44.1 Å². The summed E-state index contributed by atoms with van der Waals surface area (Å²) < 4.78 is 0. The van der Waals surface area contributed by atoms with Gasteiger partial charge in [-0.3, -0.25) is 0 Å². The van der Waals surface area contributed by atoms with E-state index < -0.39 is 0 Å². The zero-order chi connectivity index (χ0) is 11.1. The van der Waals surface area contributed by atoms with Crippen LogP contribution < -0.4 is 5.32 Å². The third kappa shape index (κ3) is 3.73. The van der Waals surface area contributed by atoms with E-state index in [0.717, 1.165) is 0 Å². The molecule has 0 amide bonds. The molecular formula is C14H25N. The SMILES string of the molecule is C=C1CCCCC/C1=C(\CCCC)NC. The quantitative estimate of drug-likeness (QED) is 0.682. The smallest absolute Gasteiger partial charge is 0.0139 e. The number of rotatable bonds is 4. The number of allylic oxidation sites excluding steroid dienone is 3. The highest BCUT2D eigenvalue weighted by Gasteiger charge is 2.12. The van der Waals surface area contributed by atoms with Gasteiger partial charge in [0.2, 0.25) is 0 Å². The van der Waals surface area contributed by atoms with Gasteiger partial charge in [0, 0.05) is 12.7 Å². The van der Waals surface area contributed by atoms with Crippen molar-refractivity contribution in [3.8, 4) is 0 Å². The number of unbranched alkanes of at least 4 members (excludes halogenated alkanes) is 1. The molecule has 0 heterocycles. The second-order valence-corrected chi connectivity index (χ2v) is 4.47. The highest BCUT2D eigenvalue weighted by Crippen LogP contribution is 2.29. The van der Waals surface area contributed by atoms with E-state index in [2.05, 4.69) is 25.9 Å². The predicted molar refractivity (Wildman–Crippen MR) is 67.8 cm³/mol. The Kier molecular flexibility index (Phi) is 5.52. The van der Waals surface area contributed by atoms with E-state index in [0.29, 0.717) is 0 Å². The standard InChI is InChI=1S/C14H25N/c1-4-5-11-14(15-3)13-10-8-6-7-9-12(13)2/h15H,2,4-11H2,1,3H3/b14-13-. The summed E-state index contributed by atoms with van der Waals surface area (Å²) in [5.74, 6) is 0. The lowest BCUT2D eigenvalue weighted by Gasteiger charge is -2.15. The van der Waals surface area contributed by atoms with Crippen LogP contribution in [-0.4, -0.2) is 7.05 Å². The average molecular weight is 207 g/mol. The molecule has 0 unspecified atom stereocenters. The molecular weight excluding hydrogens is 182 g/mol. The molecule has 1 fully saturated rings. The van der Waals surface area contributed by atoms with Gasteiger partial charge in [0.05, 0.1) is 0 Å². The van der Waals surface area contributed by atoms with Crippen LogP contribution >= 0.6 is 0 Å². The van der Waals surface area contributed by atoms with Crippen LogP contribution in [0.3, 0.4) is 0 Å². The van der Waals surface area contributed by atoms with Crippen molar-refractivity contribution in [1.82, 2.24) is 5.32 Å². The molecule has 1 aliphatic carbocycles. The zero-order valence-corrected chi connectivity index (χ0v) is 10.4. The molecule has 15 heavy (non-hydrogen) atoms. The van der Waals surface area contributed by atoms with Gasteiger partial charge in [0.15, 0.2) is 0 Å². The molecule has 0 aromatic carbocycles. The molecule has 0 aromatic heterocycles. The maximum atomic E-state index is 4.23. The van der Waals surface area contributed by atoms with Crippen LogP contribution in [0.4, 0.5) is 0 Å². The summed E-state index contributed by atoms with van der Waals surface area (Å²) in [6.07, 6.45) is 10.2. The highest BCUT2D eigenvalue weighted by atomic mass is 14.8. The van der Waals surface area contributed by atoms with E-state index >= 15 is 0 Å². The molecule has 0 spiro atoms. The minimum Gasteiger partial charge on any atom is -0.391 e. The number of nitrogens with one attached hydrogen (secondary N) is 1. The molecule has 1 saturated carbocycles. The Morgan fingerprint density at radius 2 is 2.00 bits per heavy atom. The lowest BCUT2D eigenvalue weighted by atomic mass is 9.98. The molecule has 1 heteroatoms. The number of hydrogen-bond acceptors (Lipinski definition) is 1. The minimum absolute atomic E-state index is 1.20. The highest BCUT2D eigenvalue weighted by molar-refractivity contribution is 5.33. The largest absolute Gasteiger partial charge is 0.391 e. The van der Waals surface area contributed by atoms with Crippen molar-refractivity contribution >= 4 is 0 Å². The van der Waals surface area contributed by atoms with Crippen LogP contribution in [0.2, 0.25) is 0 Å². The van der Waals surface area contributed by atoms with E-state index in [1.54, 1.807) is 0 Å². The van der Waals surface area contributed by atoms with Gasteiger partial charge >= 0.3 is 0 Å². The summed E-state index contributed by atoms with van der Waals surface area (Å²) in [7, 11) is 2.05. The van der Waals surface area contributed by atoms with Crippen molar-refractivity contribution in [1.29, 1.82) is 0 Å². The zero-order valence-electron chi connectivity index (χ0n) is 10.4. The van der Waals surface area contributed by atoms with E-state index in [4.69, 9.17) is 0 Å². The summed E-state index contributed by atoms with van der Waals surface area (Å²) in [6.45, 7) is 6.48. The molecule has 0 aromatic rings. The topological polar surface area (TPSA) is 12.0 Å². The third-order valence-corrected chi connectivity index (χ3v) is 3.28. The van der Waals surface area contributed by atoms with Gasteiger partial charge in [-0.1, -0.05) is 31.9 Å². The van der Waals surface area contributed by atoms with Crippen LogP contribution in [0.25, 0.3) is 0 Å². The van der Waals surface area contributed by atoms with Gasteiger partial charge in [-0.2, -0.15) is 0 Å². The fourth-order valence-corrected chi connectivity index (χ4v) is 2.29. The van der Waals surface area contributed by atoms with E-state index in [1.807, 2.05) is 0 Å². The Balaban J connectivity index is 2.74. The second-order valence-electron chi connectivity index (χ2n) is 4.47. The second kappa shape index (κ2) is 6.71. The molecule has 0 bridgehead atoms. The first-order valence-corrected chi connectivity index (χ1v) is 6.37. The predicted octanol–water partition coefficient (Wildman–Crippen LogP) is 4.17. The van der Waals surface area contributed by atoms with E-state index in [-0.39, 0.29) is 0 Å². The molecule has 1 aliphatic rings. The Bertz CT molecular complexity index is 238. The number of hydrogen-bond donors (Lipinski definition) is 1. The Hall–Kier alpha value is -0.720. The van der Waals surface area contributed by atoms with E-state index in [1.165, 1.54) is 68.2 Å². The summed E-state index contributed by atoms with van der Waals surface area (Å²) in [4.78, 5) is 0. The molecule has 1 rings (SSSR count). The van der Waals surface area contributed by atoms with Crippen LogP contribution in [0, 0.1) is 0 Å². The van der Waals surface area contributed by atoms with Crippen molar-refractivity contribution in [3.05, 3.63) is 23.4 Å². The fourth-order valence-electron chi connectivity index (χ4n) is 2.29. The maximum Gasteiger partial charge on any atom is 0.0139 e. The summed E-state index contributed by atoms with van der Waals surface area (Å²) in [5, 5.41) is 3.38. The Labute approximate surface area is 94.6 Å². The minimum atomic E-state index is 1.20. The molecule has 1 nitrogen and oxygen atoms in total. The van der Waals surface area contributed by atoms with Crippen molar-refractivity contribution in [3.63, 3.8) is 0 Å². The lowest BCUT2D eigenvalue weighted by molar-refractivity contribution is 0.705. The molecule has 0 aliphatic heterocycles. The van der Waals surface area contributed by atoms with Crippen LogP contribution in [0.5, 0.6) is 0 Å². The first-order chi connectivity index (χ1) is 7.29. The van der Waals surface area contributed by atoms with Gasteiger partial charge in [-0.25, -0.2) is 0 Å². The first kappa shape index (κ1) is 12.4. The average Bonchev–Trinajstić information content (AvgIpc) is 2.45. The summed E-state index contributed by atoms with van der Waals surface area (Å²) >= 11 is 0. The maximum absolute atomic E-state index is 4.23. The van der Waals surface area contributed by atoms with Gasteiger partial charge in [0.25, 0.3) is 0 Å². The van der Waals surface area contributed by atoms with Crippen LogP contribution in [0.1, 0.15) is 58.3 Å².